The number of thioether (sulfide) groups is 1. The molecule has 0 aromatic heterocycles. The number of nitrogens with one attached hydrogen (secondary N) is 1. The summed E-state index contributed by atoms with van der Waals surface area (Å²) in [6.45, 7) is 5.41. The van der Waals surface area contributed by atoms with Crippen LogP contribution in [0.15, 0.2) is 47.4 Å². The number of carbonyl (C=O) groups excluding carboxylic acids is 2. The Morgan fingerprint density at radius 1 is 1.22 bits per heavy atom. The van der Waals surface area contributed by atoms with Crippen LogP contribution in [-0.4, -0.2) is 23.2 Å². The van der Waals surface area contributed by atoms with Crippen molar-refractivity contribution in [1.82, 2.24) is 0 Å². The summed E-state index contributed by atoms with van der Waals surface area (Å²) in [4.78, 5) is 25.0. The van der Waals surface area contributed by atoms with Crippen LogP contribution in [-0.2, 0) is 9.53 Å². The summed E-state index contributed by atoms with van der Waals surface area (Å²) in [5, 5.41) is 2.24. The smallest absolute Gasteiger partial charge is 0.319 e. The molecule has 0 fully saturated rings. The van der Waals surface area contributed by atoms with Gasteiger partial charge < -0.3 is 10.1 Å². The van der Waals surface area contributed by atoms with E-state index in [4.69, 9.17) is 16.3 Å². The van der Waals surface area contributed by atoms with Crippen LogP contribution in [0, 0.1) is 5.82 Å². The molecule has 0 saturated carbocycles. The molecule has 1 amide bonds. The molecule has 1 N–H and O–H groups in total. The van der Waals surface area contributed by atoms with Crippen molar-refractivity contribution >= 4 is 40.9 Å². The number of benzene rings is 2. The predicted molar refractivity (Wildman–Crippen MR) is 107 cm³/mol. The first-order valence-corrected chi connectivity index (χ1v) is 9.80. The molecule has 0 aliphatic rings. The molecule has 0 spiro atoms. The van der Waals surface area contributed by atoms with Gasteiger partial charge >= 0.3 is 5.97 Å². The van der Waals surface area contributed by atoms with Crippen molar-refractivity contribution in [3.05, 3.63) is 58.9 Å². The molecule has 4 nitrogen and oxygen atoms in total. The minimum atomic E-state index is -0.647. The van der Waals surface area contributed by atoms with Gasteiger partial charge in [-0.2, -0.15) is 0 Å². The van der Waals surface area contributed by atoms with E-state index < -0.39 is 17.0 Å². The van der Waals surface area contributed by atoms with Crippen LogP contribution >= 0.6 is 23.4 Å². The molecule has 0 aliphatic carbocycles. The molecular formula is C20H21ClFNO3S. The van der Waals surface area contributed by atoms with E-state index in [-0.39, 0.29) is 22.8 Å². The van der Waals surface area contributed by atoms with Crippen molar-refractivity contribution in [1.29, 1.82) is 0 Å². The molecule has 7 heteroatoms. The summed E-state index contributed by atoms with van der Waals surface area (Å²) in [6, 6.07) is 11.1. The third-order valence-electron chi connectivity index (χ3n) is 3.56. The maximum absolute atomic E-state index is 14.3. The normalized spacial score (nSPS) is 11.9. The zero-order valence-electron chi connectivity index (χ0n) is 15.3. The van der Waals surface area contributed by atoms with Gasteiger partial charge in [0.15, 0.2) is 0 Å². The standard InChI is InChI=1S/C20H21ClFNO3S/c1-4-17(20(25)26-12(2)3)27-18-11-16(15(22)10-14(18)21)23-19(24)13-8-6-5-7-9-13/h5-12,17H,4H2,1-3H3,(H,23,24). The van der Waals surface area contributed by atoms with Gasteiger partial charge in [-0.3, -0.25) is 9.59 Å². The fourth-order valence-corrected chi connectivity index (χ4v) is 3.53. The number of halogens is 2. The van der Waals surface area contributed by atoms with Crippen molar-refractivity contribution in [2.45, 2.75) is 43.4 Å². The fraction of sp³-hybridized carbons (Fsp3) is 0.300. The van der Waals surface area contributed by atoms with Crippen molar-refractivity contribution in [3.8, 4) is 0 Å². The van der Waals surface area contributed by atoms with Crippen molar-refractivity contribution in [2.24, 2.45) is 0 Å². The number of amides is 1. The van der Waals surface area contributed by atoms with E-state index in [2.05, 4.69) is 5.32 Å². The monoisotopic (exact) mass is 409 g/mol. The molecule has 27 heavy (non-hydrogen) atoms. The van der Waals surface area contributed by atoms with Gasteiger partial charge in [-0.1, -0.05) is 36.7 Å². The van der Waals surface area contributed by atoms with Crippen LogP contribution in [0.2, 0.25) is 5.02 Å². The van der Waals surface area contributed by atoms with E-state index in [1.165, 1.54) is 17.8 Å². The van der Waals surface area contributed by atoms with Gasteiger partial charge in [-0.15, -0.1) is 11.8 Å². The summed E-state index contributed by atoms with van der Waals surface area (Å²) in [5.74, 6) is -1.43. The van der Waals surface area contributed by atoms with Crippen LogP contribution in [0.1, 0.15) is 37.6 Å². The second-order valence-electron chi connectivity index (χ2n) is 6.08. The highest BCUT2D eigenvalue weighted by molar-refractivity contribution is 8.00. The minimum Gasteiger partial charge on any atom is -0.462 e. The summed E-state index contributed by atoms with van der Waals surface area (Å²) in [5.41, 5.74) is 0.413. The lowest BCUT2D eigenvalue weighted by Crippen LogP contribution is -2.22. The lowest BCUT2D eigenvalue weighted by Gasteiger charge is -2.17. The maximum Gasteiger partial charge on any atom is 0.319 e. The quantitative estimate of drug-likeness (QED) is 0.481. The van der Waals surface area contributed by atoms with E-state index >= 15 is 0 Å². The highest BCUT2D eigenvalue weighted by Gasteiger charge is 2.23. The minimum absolute atomic E-state index is 0.00262. The Labute approximate surface area is 167 Å². The van der Waals surface area contributed by atoms with E-state index in [1.54, 1.807) is 44.2 Å². The third-order valence-corrected chi connectivity index (χ3v) is 5.39. The number of rotatable bonds is 7. The zero-order chi connectivity index (χ0) is 20.0. The summed E-state index contributed by atoms with van der Waals surface area (Å²) in [6.07, 6.45) is 0.298. The number of ether oxygens (including phenoxy) is 1. The van der Waals surface area contributed by atoms with Gasteiger partial charge in [0.25, 0.3) is 5.91 Å². The number of carbonyl (C=O) groups is 2. The molecule has 0 aliphatic heterocycles. The van der Waals surface area contributed by atoms with Crippen LogP contribution in [0.25, 0.3) is 0 Å². The molecule has 2 rings (SSSR count). The Balaban J connectivity index is 2.22. The lowest BCUT2D eigenvalue weighted by atomic mass is 10.2. The molecule has 1 atom stereocenters. The average Bonchev–Trinajstić information content (AvgIpc) is 2.62. The second-order valence-corrected chi connectivity index (χ2v) is 7.73. The van der Waals surface area contributed by atoms with Gasteiger partial charge in [0.05, 0.1) is 16.8 Å². The number of hydrogen-bond donors (Lipinski definition) is 1. The number of hydrogen-bond acceptors (Lipinski definition) is 4. The van der Waals surface area contributed by atoms with Crippen LogP contribution in [0.5, 0.6) is 0 Å². The Kier molecular flexibility index (Phi) is 7.68. The summed E-state index contributed by atoms with van der Waals surface area (Å²) < 4.78 is 19.5. The van der Waals surface area contributed by atoms with Gasteiger partial charge in [0.1, 0.15) is 11.1 Å². The van der Waals surface area contributed by atoms with E-state index in [0.29, 0.717) is 16.9 Å². The van der Waals surface area contributed by atoms with Gasteiger partial charge in [0, 0.05) is 10.5 Å². The molecule has 0 radical (unpaired) electrons. The first-order chi connectivity index (χ1) is 12.8. The molecule has 0 bridgehead atoms. The highest BCUT2D eigenvalue weighted by atomic mass is 35.5. The summed E-state index contributed by atoms with van der Waals surface area (Å²) in [7, 11) is 0. The second kappa shape index (κ2) is 9.76. The lowest BCUT2D eigenvalue weighted by molar-refractivity contribution is -0.146. The van der Waals surface area contributed by atoms with E-state index in [0.717, 1.165) is 6.07 Å². The topological polar surface area (TPSA) is 55.4 Å². The molecule has 144 valence electrons. The molecule has 1 unspecified atom stereocenters. The SMILES string of the molecule is CCC(Sc1cc(NC(=O)c2ccccc2)c(F)cc1Cl)C(=O)OC(C)C. The maximum atomic E-state index is 14.3. The van der Waals surface area contributed by atoms with Crippen molar-refractivity contribution in [3.63, 3.8) is 0 Å². The summed E-state index contributed by atoms with van der Waals surface area (Å²) >= 11 is 7.33. The number of esters is 1. The Bertz CT molecular complexity index is 814. The first kappa shape index (κ1) is 21.3. The molecule has 2 aromatic carbocycles. The van der Waals surface area contributed by atoms with Gasteiger partial charge in [0.2, 0.25) is 0 Å². The molecule has 0 heterocycles. The zero-order valence-corrected chi connectivity index (χ0v) is 16.9. The van der Waals surface area contributed by atoms with Gasteiger partial charge in [-0.05, 0) is 44.5 Å². The predicted octanol–water partition coefficient (Wildman–Crippen LogP) is 5.55. The third kappa shape index (κ3) is 5.97. The first-order valence-electron chi connectivity index (χ1n) is 8.54. The van der Waals surface area contributed by atoms with Crippen LogP contribution in [0.4, 0.5) is 10.1 Å². The van der Waals surface area contributed by atoms with Gasteiger partial charge in [-0.25, -0.2) is 4.39 Å². The number of anilines is 1. The van der Waals surface area contributed by atoms with Crippen molar-refractivity contribution < 1.29 is 18.7 Å². The highest BCUT2D eigenvalue weighted by Crippen LogP contribution is 2.36. The average molecular weight is 410 g/mol. The molecular weight excluding hydrogens is 389 g/mol. The molecule has 0 saturated heterocycles. The van der Waals surface area contributed by atoms with Crippen molar-refractivity contribution in [2.75, 3.05) is 5.32 Å². The molecule has 2 aromatic rings. The van der Waals surface area contributed by atoms with E-state index in [1.807, 2.05) is 6.92 Å². The van der Waals surface area contributed by atoms with Crippen LogP contribution in [0.3, 0.4) is 0 Å². The Morgan fingerprint density at radius 3 is 2.48 bits per heavy atom. The Morgan fingerprint density at radius 2 is 1.89 bits per heavy atom. The largest absolute Gasteiger partial charge is 0.462 e. The Hall–Kier alpha value is -2.05. The van der Waals surface area contributed by atoms with E-state index in [9.17, 15) is 14.0 Å². The fourth-order valence-electron chi connectivity index (χ4n) is 2.26. The van der Waals surface area contributed by atoms with Crippen LogP contribution < -0.4 is 5.32 Å².